The van der Waals surface area contributed by atoms with E-state index in [1.807, 2.05) is 6.33 Å². The van der Waals surface area contributed by atoms with Crippen LogP contribution in [-0.4, -0.2) is 38.7 Å². The molecular formula is C16H26N4O. The minimum absolute atomic E-state index is 0.280. The molecule has 116 valence electrons. The fraction of sp³-hybridized carbons (Fsp3) is 0.812. The molecule has 1 aliphatic heterocycles. The normalized spacial score (nSPS) is 23.5. The quantitative estimate of drug-likeness (QED) is 0.837. The number of carbonyl (C=O) groups excluding carboxylic acids is 1. The Balaban J connectivity index is 1.83. The summed E-state index contributed by atoms with van der Waals surface area (Å²) in [6, 6.07) is 0. The second-order valence-corrected chi connectivity index (χ2v) is 6.68. The lowest BCUT2D eigenvalue weighted by Crippen LogP contribution is -2.38. The van der Waals surface area contributed by atoms with Gasteiger partial charge < -0.3 is 9.47 Å². The van der Waals surface area contributed by atoms with E-state index in [1.54, 1.807) is 0 Å². The Labute approximate surface area is 126 Å². The van der Waals surface area contributed by atoms with E-state index in [4.69, 9.17) is 0 Å². The molecule has 0 bridgehead atoms. The van der Waals surface area contributed by atoms with Crippen LogP contribution in [0.2, 0.25) is 0 Å². The third kappa shape index (κ3) is 2.47. The predicted octanol–water partition coefficient (Wildman–Crippen LogP) is 2.58. The standard InChI is InChI=1S/C16H26N4O/c1-3-6-14(21)20-10-13(16(11-20)7-5-8-16)15-18-17-12-19(15)9-4-2/h12-13H,3-11H2,1-2H3. The zero-order chi connectivity index (χ0) is 14.9. The first-order chi connectivity index (χ1) is 10.2. The summed E-state index contributed by atoms with van der Waals surface area (Å²) in [5.74, 6) is 1.79. The Kier molecular flexibility index (Phi) is 4.00. The van der Waals surface area contributed by atoms with Crippen molar-refractivity contribution in [3.05, 3.63) is 12.2 Å². The second kappa shape index (κ2) is 5.78. The van der Waals surface area contributed by atoms with Gasteiger partial charge in [-0.2, -0.15) is 0 Å². The van der Waals surface area contributed by atoms with Gasteiger partial charge in [0.05, 0.1) is 0 Å². The van der Waals surface area contributed by atoms with Gasteiger partial charge >= 0.3 is 0 Å². The number of likely N-dealkylation sites (tertiary alicyclic amines) is 1. The van der Waals surface area contributed by atoms with Crippen molar-refractivity contribution in [1.29, 1.82) is 0 Å². The summed E-state index contributed by atoms with van der Waals surface area (Å²) in [5, 5.41) is 8.53. The van der Waals surface area contributed by atoms with E-state index in [9.17, 15) is 4.79 Å². The van der Waals surface area contributed by atoms with E-state index < -0.39 is 0 Å². The summed E-state index contributed by atoms with van der Waals surface area (Å²) in [7, 11) is 0. The molecule has 1 aromatic rings. The van der Waals surface area contributed by atoms with Gasteiger partial charge in [-0.25, -0.2) is 0 Å². The van der Waals surface area contributed by atoms with E-state index >= 15 is 0 Å². The van der Waals surface area contributed by atoms with Crippen molar-refractivity contribution >= 4 is 5.91 Å². The first-order valence-electron chi connectivity index (χ1n) is 8.35. The molecule has 2 aliphatic rings. The van der Waals surface area contributed by atoms with Gasteiger partial charge in [0.2, 0.25) is 5.91 Å². The summed E-state index contributed by atoms with van der Waals surface area (Å²) in [6.45, 7) is 6.98. The number of rotatable bonds is 5. The zero-order valence-electron chi connectivity index (χ0n) is 13.2. The van der Waals surface area contributed by atoms with Crippen molar-refractivity contribution in [1.82, 2.24) is 19.7 Å². The maximum Gasteiger partial charge on any atom is 0.222 e. The molecule has 0 aromatic carbocycles. The zero-order valence-corrected chi connectivity index (χ0v) is 13.2. The van der Waals surface area contributed by atoms with E-state index in [0.29, 0.717) is 18.2 Å². The first-order valence-corrected chi connectivity index (χ1v) is 8.35. The number of amides is 1. The highest BCUT2D eigenvalue weighted by atomic mass is 16.2. The van der Waals surface area contributed by atoms with Gasteiger partial charge in [0.15, 0.2) is 0 Å². The van der Waals surface area contributed by atoms with Crippen LogP contribution in [-0.2, 0) is 11.3 Å². The average Bonchev–Trinajstić information content (AvgIpc) is 3.02. The maximum absolute atomic E-state index is 12.3. The molecule has 1 aromatic heterocycles. The van der Waals surface area contributed by atoms with Gasteiger partial charge in [-0.05, 0) is 31.1 Å². The molecule has 1 saturated heterocycles. The van der Waals surface area contributed by atoms with E-state index in [2.05, 4.69) is 33.5 Å². The van der Waals surface area contributed by atoms with Gasteiger partial charge in [0.1, 0.15) is 12.2 Å². The van der Waals surface area contributed by atoms with Gasteiger partial charge in [0, 0.05) is 32.0 Å². The lowest BCUT2D eigenvalue weighted by Gasteiger charge is -2.42. The van der Waals surface area contributed by atoms with Crippen LogP contribution in [0, 0.1) is 5.41 Å². The molecule has 1 spiro atoms. The van der Waals surface area contributed by atoms with E-state index in [-0.39, 0.29) is 5.41 Å². The van der Waals surface area contributed by atoms with Crippen LogP contribution in [0.5, 0.6) is 0 Å². The molecule has 2 heterocycles. The van der Waals surface area contributed by atoms with Crippen molar-refractivity contribution in [2.75, 3.05) is 13.1 Å². The number of hydrogen-bond acceptors (Lipinski definition) is 3. The molecule has 21 heavy (non-hydrogen) atoms. The van der Waals surface area contributed by atoms with Crippen molar-refractivity contribution in [2.45, 2.75) is 64.8 Å². The smallest absolute Gasteiger partial charge is 0.222 e. The molecule has 0 N–H and O–H groups in total. The molecule has 1 aliphatic carbocycles. The molecule has 2 fully saturated rings. The molecule has 1 amide bonds. The van der Waals surface area contributed by atoms with Crippen molar-refractivity contribution in [3.8, 4) is 0 Å². The molecule has 0 radical (unpaired) electrons. The van der Waals surface area contributed by atoms with Crippen LogP contribution in [0.25, 0.3) is 0 Å². The van der Waals surface area contributed by atoms with Crippen LogP contribution < -0.4 is 0 Å². The van der Waals surface area contributed by atoms with Crippen molar-refractivity contribution in [2.24, 2.45) is 5.41 Å². The van der Waals surface area contributed by atoms with Crippen molar-refractivity contribution in [3.63, 3.8) is 0 Å². The van der Waals surface area contributed by atoms with E-state index in [1.165, 1.54) is 19.3 Å². The number of hydrogen-bond donors (Lipinski definition) is 0. The number of nitrogens with zero attached hydrogens (tertiary/aromatic N) is 4. The van der Waals surface area contributed by atoms with Crippen molar-refractivity contribution < 1.29 is 4.79 Å². The minimum Gasteiger partial charge on any atom is -0.341 e. The first kappa shape index (κ1) is 14.5. The highest BCUT2D eigenvalue weighted by molar-refractivity contribution is 5.76. The van der Waals surface area contributed by atoms with Gasteiger partial charge in [-0.1, -0.05) is 20.3 Å². The van der Waals surface area contributed by atoms with Crippen LogP contribution in [0.3, 0.4) is 0 Å². The molecule has 1 saturated carbocycles. The topological polar surface area (TPSA) is 51.0 Å². The van der Waals surface area contributed by atoms with Gasteiger partial charge in [-0.3, -0.25) is 4.79 Å². The van der Waals surface area contributed by atoms with Crippen LogP contribution >= 0.6 is 0 Å². The van der Waals surface area contributed by atoms with Gasteiger partial charge in [0.25, 0.3) is 0 Å². The Hall–Kier alpha value is -1.39. The van der Waals surface area contributed by atoms with Gasteiger partial charge in [-0.15, -0.1) is 10.2 Å². The van der Waals surface area contributed by atoms with Crippen LogP contribution in [0.15, 0.2) is 6.33 Å². The summed E-state index contributed by atoms with van der Waals surface area (Å²) in [4.78, 5) is 14.4. The summed E-state index contributed by atoms with van der Waals surface area (Å²) < 4.78 is 2.19. The lowest BCUT2D eigenvalue weighted by atomic mass is 9.62. The van der Waals surface area contributed by atoms with Crippen LogP contribution in [0.1, 0.15) is 64.1 Å². The molecular weight excluding hydrogens is 264 g/mol. The second-order valence-electron chi connectivity index (χ2n) is 6.68. The summed E-state index contributed by atoms with van der Waals surface area (Å²) in [5.41, 5.74) is 0.280. The number of aryl methyl sites for hydroxylation is 1. The average molecular weight is 290 g/mol. The predicted molar refractivity (Wildman–Crippen MR) is 80.8 cm³/mol. The highest BCUT2D eigenvalue weighted by Gasteiger charge is 2.53. The fourth-order valence-corrected chi connectivity index (χ4v) is 3.97. The Morgan fingerprint density at radius 3 is 2.81 bits per heavy atom. The summed E-state index contributed by atoms with van der Waals surface area (Å²) in [6.07, 6.45) is 8.28. The molecule has 1 atom stereocenters. The SMILES string of the molecule is CCCC(=O)N1CC(c2nncn2CCC)C2(CCC2)C1. The Morgan fingerprint density at radius 1 is 1.38 bits per heavy atom. The minimum atomic E-state index is 0.280. The maximum atomic E-state index is 12.3. The fourth-order valence-electron chi connectivity index (χ4n) is 3.97. The van der Waals surface area contributed by atoms with E-state index in [0.717, 1.165) is 38.3 Å². The molecule has 3 rings (SSSR count). The molecule has 5 nitrogen and oxygen atoms in total. The number of carbonyl (C=O) groups is 1. The Bertz CT molecular complexity index is 506. The number of aromatic nitrogens is 3. The summed E-state index contributed by atoms with van der Waals surface area (Å²) >= 11 is 0. The highest BCUT2D eigenvalue weighted by Crippen LogP contribution is 2.55. The molecule has 1 unspecified atom stereocenters. The molecule has 5 heteroatoms. The third-order valence-corrected chi connectivity index (χ3v) is 5.24. The van der Waals surface area contributed by atoms with Crippen LogP contribution in [0.4, 0.5) is 0 Å². The largest absolute Gasteiger partial charge is 0.341 e. The third-order valence-electron chi connectivity index (χ3n) is 5.24. The lowest BCUT2D eigenvalue weighted by molar-refractivity contribution is -0.130. The monoisotopic (exact) mass is 290 g/mol. The Morgan fingerprint density at radius 2 is 2.19 bits per heavy atom.